The summed E-state index contributed by atoms with van der Waals surface area (Å²) in [4.78, 5) is 26.7. The molecule has 0 radical (unpaired) electrons. The molecule has 7 nitrogen and oxygen atoms in total. The number of fused-ring (bicyclic) bond motifs is 1. The zero-order valence-corrected chi connectivity index (χ0v) is 19.3. The fourth-order valence-electron chi connectivity index (χ4n) is 4.21. The average molecular weight is 462 g/mol. The maximum Gasteiger partial charge on any atom is 0.260 e. The number of halogens is 1. The molecule has 1 aliphatic rings. The number of ether oxygens (including phenoxy) is 1. The van der Waals surface area contributed by atoms with E-state index in [1.54, 1.807) is 17.0 Å². The summed E-state index contributed by atoms with van der Waals surface area (Å²) in [7, 11) is 0. The number of benzene rings is 1. The number of rotatable bonds is 5. The summed E-state index contributed by atoms with van der Waals surface area (Å²) < 4.78 is 7.08. The lowest BCUT2D eigenvalue weighted by Gasteiger charge is -2.15. The van der Waals surface area contributed by atoms with E-state index in [1.165, 1.54) is 0 Å². The highest BCUT2D eigenvalue weighted by molar-refractivity contribution is 6.33. The van der Waals surface area contributed by atoms with Gasteiger partial charge < -0.3 is 10.1 Å². The van der Waals surface area contributed by atoms with Crippen molar-refractivity contribution in [2.75, 3.05) is 18.5 Å². The molecular weight excluding hydrogens is 438 g/mol. The third kappa shape index (κ3) is 4.10. The summed E-state index contributed by atoms with van der Waals surface area (Å²) in [6.07, 6.45) is 6.24. The molecule has 1 N–H and O–H groups in total. The van der Waals surface area contributed by atoms with Crippen LogP contribution in [0.2, 0.25) is 5.02 Å². The maximum absolute atomic E-state index is 13.4. The predicted octanol–water partition coefficient (Wildman–Crippen LogP) is 4.70. The van der Waals surface area contributed by atoms with Crippen molar-refractivity contribution in [3.63, 3.8) is 0 Å². The number of aryl methyl sites for hydroxylation is 2. The van der Waals surface area contributed by atoms with Crippen molar-refractivity contribution in [3.8, 4) is 22.3 Å². The minimum atomic E-state index is -0.133. The van der Waals surface area contributed by atoms with Gasteiger partial charge in [0.05, 0.1) is 12.6 Å². The predicted molar refractivity (Wildman–Crippen MR) is 131 cm³/mol. The molecule has 0 aliphatic carbocycles. The van der Waals surface area contributed by atoms with E-state index in [4.69, 9.17) is 16.3 Å². The number of pyridine rings is 2. The molecule has 4 aromatic rings. The van der Waals surface area contributed by atoms with Gasteiger partial charge in [-0.05, 0) is 49.6 Å². The summed E-state index contributed by atoms with van der Waals surface area (Å²) in [5, 5.41) is 4.59. The van der Waals surface area contributed by atoms with Crippen molar-refractivity contribution in [1.29, 1.82) is 0 Å². The molecule has 0 amide bonds. The Balaban J connectivity index is 1.57. The molecule has 0 bridgehead atoms. The van der Waals surface area contributed by atoms with Crippen LogP contribution in [0.1, 0.15) is 18.9 Å². The molecule has 33 heavy (non-hydrogen) atoms. The minimum Gasteiger partial charge on any atom is -0.379 e. The molecule has 1 atom stereocenters. The van der Waals surface area contributed by atoms with E-state index in [2.05, 4.69) is 20.3 Å². The average Bonchev–Trinajstić information content (AvgIpc) is 3.32. The van der Waals surface area contributed by atoms with Gasteiger partial charge in [-0.1, -0.05) is 23.7 Å². The van der Waals surface area contributed by atoms with Crippen LogP contribution in [0.4, 0.5) is 5.95 Å². The molecule has 168 valence electrons. The van der Waals surface area contributed by atoms with Gasteiger partial charge >= 0.3 is 0 Å². The topological polar surface area (TPSA) is 81.9 Å². The number of hydrogen-bond acceptors (Lipinski definition) is 6. The summed E-state index contributed by atoms with van der Waals surface area (Å²) in [5.74, 6) is 0.501. The van der Waals surface area contributed by atoms with E-state index in [-0.39, 0.29) is 11.6 Å². The lowest BCUT2D eigenvalue weighted by atomic mass is 9.99. The molecule has 1 unspecified atom stereocenters. The highest BCUT2D eigenvalue weighted by atomic mass is 35.5. The van der Waals surface area contributed by atoms with Crippen LogP contribution < -0.4 is 10.9 Å². The van der Waals surface area contributed by atoms with Gasteiger partial charge in [0.1, 0.15) is 5.65 Å². The standard InChI is InChI=1S/C25H24ClN5O2/c1-3-31-23-17(12-28-25(30-23)29-18-7-9-33-14-18)10-20(24(31)32)19-5-4-16(11-22(19)26)21-13-27-8-6-15(21)2/h4-6,8,10-13,18H,3,7,9,14H2,1-2H3,(H,28,29,30). The van der Waals surface area contributed by atoms with Crippen LogP contribution in [0.3, 0.4) is 0 Å². The van der Waals surface area contributed by atoms with Crippen LogP contribution >= 0.6 is 11.6 Å². The zero-order chi connectivity index (χ0) is 22.9. The SMILES string of the molecule is CCn1c(=O)c(-c2ccc(-c3cnccc3C)cc2Cl)cc2cnc(NC3CCOC3)nc21. The van der Waals surface area contributed by atoms with Gasteiger partial charge in [0.25, 0.3) is 5.56 Å². The molecule has 8 heteroatoms. The summed E-state index contributed by atoms with van der Waals surface area (Å²) in [6.45, 7) is 5.81. The van der Waals surface area contributed by atoms with Crippen LogP contribution in [0.15, 0.2) is 53.7 Å². The molecule has 0 spiro atoms. The van der Waals surface area contributed by atoms with Crippen LogP contribution in [-0.4, -0.2) is 38.8 Å². The van der Waals surface area contributed by atoms with Gasteiger partial charge in [0.15, 0.2) is 0 Å². The van der Waals surface area contributed by atoms with Gasteiger partial charge in [-0.25, -0.2) is 4.98 Å². The number of nitrogens with zero attached hydrogens (tertiary/aromatic N) is 4. The molecule has 3 aromatic heterocycles. The Hall–Kier alpha value is -3.29. The van der Waals surface area contributed by atoms with Gasteiger partial charge in [0.2, 0.25) is 5.95 Å². The Morgan fingerprint density at radius 3 is 2.79 bits per heavy atom. The van der Waals surface area contributed by atoms with Crippen molar-refractivity contribution in [1.82, 2.24) is 19.5 Å². The number of hydrogen-bond donors (Lipinski definition) is 1. The molecule has 0 saturated carbocycles. The van der Waals surface area contributed by atoms with E-state index in [0.29, 0.717) is 40.9 Å². The second-order valence-electron chi connectivity index (χ2n) is 8.17. The van der Waals surface area contributed by atoms with Gasteiger partial charge in [-0.2, -0.15) is 4.98 Å². The van der Waals surface area contributed by atoms with Crippen molar-refractivity contribution in [3.05, 3.63) is 69.9 Å². The Bertz CT molecular complexity index is 1400. The van der Waals surface area contributed by atoms with Crippen LogP contribution in [-0.2, 0) is 11.3 Å². The first-order valence-corrected chi connectivity index (χ1v) is 11.4. The maximum atomic E-state index is 13.4. The molecule has 5 rings (SSSR count). The quantitative estimate of drug-likeness (QED) is 0.463. The van der Waals surface area contributed by atoms with E-state index in [9.17, 15) is 4.79 Å². The number of anilines is 1. The zero-order valence-electron chi connectivity index (χ0n) is 18.5. The molecule has 1 fully saturated rings. The van der Waals surface area contributed by atoms with Crippen molar-refractivity contribution in [2.45, 2.75) is 32.9 Å². The highest BCUT2D eigenvalue weighted by Gasteiger charge is 2.18. The largest absolute Gasteiger partial charge is 0.379 e. The Labute approximate surface area is 196 Å². The number of aromatic nitrogens is 4. The summed E-state index contributed by atoms with van der Waals surface area (Å²) >= 11 is 6.68. The van der Waals surface area contributed by atoms with Gasteiger partial charge in [-0.15, -0.1) is 0 Å². The summed E-state index contributed by atoms with van der Waals surface area (Å²) in [5.41, 5.74) is 4.75. The molecule has 1 aromatic carbocycles. The fraction of sp³-hybridized carbons (Fsp3) is 0.280. The fourth-order valence-corrected chi connectivity index (χ4v) is 4.50. The molecule has 1 aliphatic heterocycles. The van der Waals surface area contributed by atoms with E-state index >= 15 is 0 Å². The second-order valence-corrected chi connectivity index (χ2v) is 8.58. The first-order valence-electron chi connectivity index (χ1n) is 11.0. The van der Waals surface area contributed by atoms with Crippen molar-refractivity contribution < 1.29 is 4.74 Å². The van der Waals surface area contributed by atoms with Crippen molar-refractivity contribution in [2.24, 2.45) is 0 Å². The van der Waals surface area contributed by atoms with Crippen LogP contribution in [0.25, 0.3) is 33.3 Å². The molecule has 4 heterocycles. The third-order valence-corrected chi connectivity index (χ3v) is 6.33. The van der Waals surface area contributed by atoms with E-state index in [1.807, 2.05) is 50.4 Å². The normalized spacial score (nSPS) is 15.8. The van der Waals surface area contributed by atoms with Gasteiger partial charge in [0, 0.05) is 58.8 Å². The van der Waals surface area contributed by atoms with E-state index < -0.39 is 0 Å². The summed E-state index contributed by atoms with van der Waals surface area (Å²) in [6, 6.07) is 9.71. The minimum absolute atomic E-state index is 0.133. The van der Waals surface area contributed by atoms with E-state index in [0.717, 1.165) is 35.1 Å². The third-order valence-electron chi connectivity index (χ3n) is 6.02. The molecular formula is C25H24ClN5O2. The molecule has 1 saturated heterocycles. The first kappa shape index (κ1) is 21.6. The van der Waals surface area contributed by atoms with Crippen LogP contribution in [0, 0.1) is 6.92 Å². The smallest absolute Gasteiger partial charge is 0.260 e. The number of nitrogens with one attached hydrogen (secondary N) is 1. The lowest BCUT2D eigenvalue weighted by Crippen LogP contribution is -2.24. The Morgan fingerprint density at radius 2 is 2.06 bits per heavy atom. The van der Waals surface area contributed by atoms with Crippen LogP contribution in [0.5, 0.6) is 0 Å². The first-order chi connectivity index (χ1) is 16.0. The highest BCUT2D eigenvalue weighted by Crippen LogP contribution is 2.33. The monoisotopic (exact) mass is 461 g/mol. The van der Waals surface area contributed by atoms with Crippen molar-refractivity contribution >= 4 is 28.6 Å². The lowest BCUT2D eigenvalue weighted by molar-refractivity contribution is 0.195. The second kappa shape index (κ2) is 8.92. The Morgan fingerprint density at radius 1 is 1.18 bits per heavy atom. The van der Waals surface area contributed by atoms with Gasteiger partial charge in [-0.3, -0.25) is 14.3 Å². The Kier molecular flexibility index (Phi) is 5.83.